The molecule has 0 N–H and O–H groups in total. The molecule has 0 bridgehead atoms. The lowest BCUT2D eigenvalue weighted by molar-refractivity contribution is 0.738. The fourth-order valence-corrected chi connectivity index (χ4v) is 4.44. The largest absolute Gasteiger partial charge is 0.308 e. The van der Waals surface area contributed by atoms with Crippen LogP contribution in [0.5, 0.6) is 0 Å². The highest BCUT2D eigenvalue weighted by Crippen LogP contribution is 2.42. The zero-order chi connectivity index (χ0) is 20.0. The number of rotatable bonds is 5. The second-order valence-corrected chi connectivity index (χ2v) is 8.30. The van der Waals surface area contributed by atoms with Gasteiger partial charge in [-0.05, 0) is 48.1 Å². The van der Waals surface area contributed by atoms with Gasteiger partial charge in [0.05, 0.1) is 11.6 Å². The summed E-state index contributed by atoms with van der Waals surface area (Å²) in [5.41, 5.74) is 5.95. The maximum Gasteiger partial charge on any atom is 0.164 e. The maximum absolute atomic E-state index is 6.46. The summed E-state index contributed by atoms with van der Waals surface area (Å²) in [7, 11) is 0. The molecule has 0 saturated heterocycles. The van der Waals surface area contributed by atoms with Crippen molar-refractivity contribution in [1.82, 2.24) is 19.5 Å². The predicted molar refractivity (Wildman–Crippen MR) is 118 cm³/mol. The summed E-state index contributed by atoms with van der Waals surface area (Å²) in [5.74, 6) is 1.70. The van der Waals surface area contributed by atoms with Crippen LogP contribution in [0.15, 0.2) is 48.8 Å². The molecule has 0 amide bonds. The van der Waals surface area contributed by atoms with Crippen LogP contribution >= 0.6 is 23.2 Å². The number of nitrogens with zero attached hydrogens (tertiary/aromatic N) is 4. The monoisotopic (exact) mass is 422 g/mol. The second kappa shape index (κ2) is 7.43. The first-order valence-electron chi connectivity index (χ1n) is 9.89. The number of aromatic nitrogens is 4. The molecule has 29 heavy (non-hydrogen) atoms. The lowest BCUT2D eigenvalue weighted by Crippen LogP contribution is -2.07. The summed E-state index contributed by atoms with van der Waals surface area (Å²) in [4.78, 5) is 14.0. The molecule has 1 fully saturated rings. The van der Waals surface area contributed by atoms with Crippen molar-refractivity contribution in [3.8, 4) is 11.3 Å². The first-order valence-corrected chi connectivity index (χ1v) is 10.6. The van der Waals surface area contributed by atoms with E-state index in [1.807, 2.05) is 12.1 Å². The van der Waals surface area contributed by atoms with Crippen LogP contribution in [0.3, 0.4) is 0 Å². The van der Waals surface area contributed by atoms with Gasteiger partial charge in [0, 0.05) is 17.0 Å². The van der Waals surface area contributed by atoms with E-state index < -0.39 is 0 Å². The third-order valence-corrected chi connectivity index (χ3v) is 6.06. The van der Waals surface area contributed by atoms with E-state index in [1.165, 1.54) is 24.0 Å². The Labute approximate surface area is 179 Å². The van der Waals surface area contributed by atoms with E-state index in [0.717, 1.165) is 41.2 Å². The molecule has 0 unspecified atom stereocenters. The van der Waals surface area contributed by atoms with Crippen LogP contribution in [0.1, 0.15) is 42.6 Å². The predicted octanol–water partition coefficient (Wildman–Crippen LogP) is 6.29. The molecule has 5 rings (SSSR count). The smallest absolute Gasteiger partial charge is 0.164 e. The fraction of sp³-hybridized carbons (Fsp3) is 0.261. The Morgan fingerprint density at radius 3 is 2.66 bits per heavy atom. The van der Waals surface area contributed by atoms with Crippen LogP contribution in [0.2, 0.25) is 10.0 Å². The summed E-state index contributed by atoms with van der Waals surface area (Å²) in [6, 6.07) is 14.2. The molecular formula is C23H20Cl2N4. The molecule has 1 aliphatic rings. The van der Waals surface area contributed by atoms with Gasteiger partial charge in [-0.15, -0.1) is 0 Å². The van der Waals surface area contributed by atoms with Crippen LogP contribution in [0.4, 0.5) is 0 Å². The molecule has 4 aromatic rings. The van der Waals surface area contributed by atoms with Gasteiger partial charge >= 0.3 is 0 Å². The van der Waals surface area contributed by atoms with Gasteiger partial charge in [-0.25, -0.2) is 15.0 Å². The van der Waals surface area contributed by atoms with Crippen LogP contribution < -0.4 is 0 Å². The third-order valence-electron chi connectivity index (χ3n) is 5.51. The average molecular weight is 423 g/mol. The number of imidazole rings is 1. The van der Waals surface area contributed by atoms with Crippen molar-refractivity contribution in [3.05, 3.63) is 75.8 Å². The van der Waals surface area contributed by atoms with Gasteiger partial charge in [0.1, 0.15) is 23.4 Å². The molecule has 2 aromatic heterocycles. The van der Waals surface area contributed by atoms with E-state index in [-0.39, 0.29) is 0 Å². The van der Waals surface area contributed by atoms with Gasteiger partial charge in [-0.1, -0.05) is 54.4 Å². The van der Waals surface area contributed by atoms with E-state index in [4.69, 9.17) is 28.2 Å². The molecule has 0 aliphatic heterocycles. The Hall–Kier alpha value is -2.43. The number of fused-ring (bicyclic) bond motifs is 1. The standard InChI is InChI=1S/C23H20Cl2N4/c1-2-20-28-22-21(18-10-9-16(24)11-19(18)25)26-13-27-23(22)29(20)12-15-5-3-4-6-17(15)14-7-8-14/h3-6,9-11,13-14H,2,7-8,12H2,1H3. The van der Waals surface area contributed by atoms with Gasteiger partial charge in [-0.2, -0.15) is 0 Å². The Morgan fingerprint density at radius 1 is 1.07 bits per heavy atom. The summed E-state index contributed by atoms with van der Waals surface area (Å²) in [6.07, 6.45) is 4.97. The van der Waals surface area contributed by atoms with Crippen LogP contribution in [-0.2, 0) is 13.0 Å². The molecule has 4 nitrogen and oxygen atoms in total. The summed E-state index contributed by atoms with van der Waals surface area (Å²) >= 11 is 12.5. The molecule has 6 heteroatoms. The number of benzene rings is 2. The van der Waals surface area contributed by atoms with E-state index in [0.29, 0.717) is 16.0 Å². The SMILES string of the molecule is CCc1nc2c(-c3ccc(Cl)cc3Cl)ncnc2n1Cc1ccccc1C1CC1. The van der Waals surface area contributed by atoms with Gasteiger partial charge in [0.2, 0.25) is 0 Å². The number of halogens is 2. The van der Waals surface area contributed by atoms with E-state index >= 15 is 0 Å². The zero-order valence-electron chi connectivity index (χ0n) is 16.1. The molecule has 146 valence electrons. The van der Waals surface area contributed by atoms with Gasteiger partial charge in [0.15, 0.2) is 5.65 Å². The van der Waals surface area contributed by atoms with E-state index in [9.17, 15) is 0 Å². The highest BCUT2D eigenvalue weighted by molar-refractivity contribution is 6.36. The maximum atomic E-state index is 6.46. The van der Waals surface area contributed by atoms with Crippen molar-refractivity contribution in [2.75, 3.05) is 0 Å². The molecular weight excluding hydrogens is 403 g/mol. The highest BCUT2D eigenvalue weighted by atomic mass is 35.5. The molecule has 2 aromatic carbocycles. The Kier molecular flexibility index (Phi) is 4.76. The second-order valence-electron chi connectivity index (χ2n) is 7.46. The van der Waals surface area contributed by atoms with Crippen LogP contribution in [0.25, 0.3) is 22.4 Å². The summed E-state index contributed by atoms with van der Waals surface area (Å²) < 4.78 is 2.21. The Balaban J connectivity index is 1.65. The summed E-state index contributed by atoms with van der Waals surface area (Å²) in [6.45, 7) is 2.88. The highest BCUT2D eigenvalue weighted by Gasteiger charge is 2.26. The zero-order valence-corrected chi connectivity index (χ0v) is 17.6. The van der Waals surface area contributed by atoms with Gasteiger partial charge in [0.25, 0.3) is 0 Å². The van der Waals surface area contributed by atoms with Crippen molar-refractivity contribution in [2.45, 2.75) is 38.6 Å². The van der Waals surface area contributed by atoms with Gasteiger partial charge < -0.3 is 4.57 Å². The van der Waals surface area contributed by atoms with Crippen molar-refractivity contribution < 1.29 is 0 Å². The van der Waals surface area contributed by atoms with Crippen molar-refractivity contribution in [1.29, 1.82) is 0 Å². The van der Waals surface area contributed by atoms with Crippen molar-refractivity contribution in [2.24, 2.45) is 0 Å². The summed E-state index contributed by atoms with van der Waals surface area (Å²) in [5, 5.41) is 1.16. The normalized spacial score (nSPS) is 13.9. The van der Waals surface area contributed by atoms with Crippen LogP contribution in [0, 0.1) is 0 Å². The van der Waals surface area contributed by atoms with Gasteiger partial charge in [-0.3, -0.25) is 0 Å². The lowest BCUT2D eigenvalue weighted by Gasteiger charge is -2.12. The van der Waals surface area contributed by atoms with E-state index in [1.54, 1.807) is 12.4 Å². The third kappa shape index (κ3) is 3.41. The molecule has 0 spiro atoms. The van der Waals surface area contributed by atoms with E-state index in [2.05, 4.69) is 45.7 Å². The topological polar surface area (TPSA) is 43.6 Å². The number of aryl methyl sites for hydroxylation is 1. The van der Waals surface area contributed by atoms with Crippen molar-refractivity contribution >= 4 is 34.4 Å². The molecule has 1 saturated carbocycles. The first-order chi connectivity index (χ1) is 14.2. The molecule has 0 radical (unpaired) electrons. The lowest BCUT2D eigenvalue weighted by atomic mass is 10.0. The molecule has 2 heterocycles. The number of hydrogen-bond donors (Lipinski definition) is 0. The fourth-order valence-electron chi connectivity index (χ4n) is 3.94. The minimum atomic E-state index is 0.559. The quantitative estimate of drug-likeness (QED) is 0.379. The van der Waals surface area contributed by atoms with Crippen LogP contribution in [-0.4, -0.2) is 19.5 Å². The molecule has 0 atom stereocenters. The Morgan fingerprint density at radius 2 is 1.90 bits per heavy atom. The minimum Gasteiger partial charge on any atom is -0.308 e. The molecule has 1 aliphatic carbocycles. The minimum absolute atomic E-state index is 0.559. The Bertz CT molecular complexity index is 1210. The van der Waals surface area contributed by atoms with Crippen molar-refractivity contribution in [3.63, 3.8) is 0 Å². The average Bonchev–Trinajstić information content (AvgIpc) is 3.51. The number of hydrogen-bond acceptors (Lipinski definition) is 3. The first kappa shape index (κ1) is 18.6.